The quantitative estimate of drug-likeness (QED) is 0.876. The molecule has 6 heteroatoms. The fraction of sp³-hybridized carbons (Fsp3) is 0.500. The summed E-state index contributed by atoms with van der Waals surface area (Å²) >= 11 is 6.02. The van der Waals surface area contributed by atoms with Crippen LogP contribution in [0.3, 0.4) is 0 Å². The molecule has 1 aliphatic carbocycles. The lowest BCUT2D eigenvalue weighted by Crippen LogP contribution is -2.48. The maximum Gasteiger partial charge on any atom is 0.226 e. The van der Waals surface area contributed by atoms with E-state index in [9.17, 15) is 4.79 Å². The monoisotopic (exact) mass is 298 g/mol. The standard InChI is InChI=1S/C14H19ClN2O3/c1-19-11-7-10(12(20-2)6-9(11)15)17-13(18)8-14(16)4-3-5-14/h6-7H,3-5,8,16H2,1-2H3,(H,17,18). The van der Waals surface area contributed by atoms with Gasteiger partial charge in [-0.2, -0.15) is 0 Å². The molecule has 1 aromatic carbocycles. The van der Waals surface area contributed by atoms with Crippen LogP contribution in [0.4, 0.5) is 5.69 Å². The number of hydrogen-bond donors (Lipinski definition) is 2. The second-order valence-electron chi connectivity index (χ2n) is 5.13. The first-order valence-corrected chi connectivity index (χ1v) is 6.85. The highest BCUT2D eigenvalue weighted by atomic mass is 35.5. The van der Waals surface area contributed by atoms with E-state index in [0.29, 0.717) is 28.6 Å². The third-order valence-electron chi connectivity index (χ3n) is 3.61. The third kappa shape index (κ3) is 3.16. The van der Waals surface area contributed by atoms with E-state index in [-0.39, 0.29) is 11.4 Å². The van der Waals surface area contributed by atoms with Crippen molar-refractivity contribution in [1.82, 2.24) is 0 Å². The van der Waals surface area contributed by atoms with Crippen LogP contribution in [0.1, 0.15) is 25.7 Å². The van der Waals surface area contributed by atoms with Crippen molar-refractivity contribution in [3.8, 4) is 11.5 Å². The van der Waals surface area contributed by atoms with Crippen LogP contribution >= 0.6 is 11.6 Å². The number of anilines is 1. The van der Waals surface area contributed by atoms with E-state index in [1.54, 1.807) is 12.1 Å². The average Bonchev–Trinajstić information content (AvgIpc) is 2.38. The molecule has 110 valence electrons. The maximum absolute atomic E-state index is 12.1. The van der Waals surface area contributed by atoms with Crippen molar-refractivity contribution < 1.29 is 14.3 Å². The van der Waals surface area contributed by atoms with Crippen molar-refractivity contribution >= 4 is 23.2 Å². The van der Waals surface area contributed by atoms with Crippen LogP contribution in [-0.4, -0.2) is 25.7 Å². The molecule has 0 saturated heterocycles. The van der Waals surface area contributed by atoms with Gasteiger partial charge in [0.2, 0.25) is 5.91 Å². The fourth-order valence-electron chi connectivity index (χ4n) is 2.28. The van der Waals surface area contributed by atoms with Gasteiger partial charge in [0.05, 0.1) is 24.9 Å². The molecule has 1 saturated carbocycles. The lowest BCUT2D eigenvalue weighted by Gasteiger charge is -2.37. The maximum atomic E-state index is 12.1. The lowest BCUT2D eigenvalue weighted by atomic mass is 9.75. The van der Waals surface area contributed by atoms with Crippen LogP contribution in [-0.2, 0) is 4.79 Å². The van der Waals surface area contributed by atoms with Crippen molar-refractivity contribution in [2.75, 3.05) is 19.5 Å². The summed E-state index contributed by atoms with van der Waals surface area (Å²) in [6.07, 6.45) is 3.17. The first kappa shape index (κ1) is 14.9. The number of benzene rings is 1. The van der Waals surface area contributed by atoms with Gasteiger partial charge in [-0.1, -0.05) is 11.6 Å². The Kier molecular flexibility index (Phi) is 4.40. The van der Waals surface area contributed by atoms with E-state index in [0.717, 1.165) is 19.3 Å². The number of rotatable bonds is 5. The van der Waals surface area contributed by atoms with Gasteiger partial charge in [-0.15, -0.1) is 0 Å². The van der Waals surface area contributed by atoms with Gasteiger partial charge in [0.25, 0.3) is 0 Å². The first-order chi connectivity index (χ1) is 9.47. The van der Waals surface area contributed by atoms with Gasteiger partial charge in [-0.05, 0) is 19.3 Å². The average molecular weight is 299 g/mol. The Morgan fingerprint density at radius 2 is 2.00 bits per heavy atom. The Labute approximate surface area is 123 Å². The van der Waals surface area contributed by atoms with Crippen LogP contribution in [0.25, 0.3) is 0 Å². The molecule has 0 aromatic heterocycles. The summed E-state index contributed by atoms with van der Waals surface area (Å²) < 4.78 is 10.3. The van der Waals surface area contributed by atoms with Gasteiger partial charge >= 0.3 is 0 Å². The highest BCUT2D eigenvalue weighted by Gasteiger charge is 2.34. The number of ether oxygens (including phenoxy) is 2. The zero-order chi connectivity index (χ0) is 14.8. The van der Waals surface area contributed by atoms with E-state index in [2.05, 4.69) is 5.32 Å². The second kappa shape index (κ2) is 5.89. The molecule has 0 bridgehead atoms. The van der Waals surface area contributed by atoms with Crippen molar-refractivity contribution in [3.63, 3.8) is 0 Å². The molecule has 1 aliphatic rings. The molecule has 1 fully saturated rings. The normalized spacial score (nSPS) is 16.2. The summed E-state index contributed by atoms with van der Waals surface area (Å²) in [5, 5.41) is 3.23. The number of nitrogens with two attached hydrogens (primary N) is 1. The smallest absolute Gasteiger partial charge is 0.226 e. The van der Waals surface area contributed by atoms with Gasteiger partial charge in [0.1, 0.15) is 11.5 Å². The SMILES string of the molecule is COc1cc(NC(=O)CC2(N)CCC2)c(OC)cc1Cl. The largest absolute Gasteiger partial charge is 0.495 e. The number of methoxy groups -OCH3 is 2. The number of amides is 1. The predicted octanol–water partition coefficient (Wildman–Crippen LogP) is 2.57. The highest BCUT2D eigenvalue weighted by molar-refractivity contribution is 6.32. The fourth-order valence-corrected chi connectivity index (χ4v) is 2.51. The van der Waals surface area contributed by atoms with Crippen LogP contribution in [0.2, 0.25) is 5.02 Å². The molecule has 1 aromatic rings. The van der Waals surface area contributed by atoms with Crippen molar-refractivity contribution in [2.24, 2.45) is 5.73 Å². The number of carbonyl (C=O) groups is 1. The molecule has 0 atom stereocenters. The zero-order valence-corrected chi connectivity index (χ0v) is 12.4. The molecule has 20 heavy (non-hydrogen) atoms. The molecule has 1 amide bonds. The molecule has 0 spiro atoms. The number of nitrogens with one attached hydrogen (secondary N) is 1. The summed E-state index contributed by atoms with van der Waals surface area (Å²) in [6, 6.07) is 3.25. The van der Waals surface area contributed by atoms with E-state index in [1.165, 1.54) is 14.2 Å². The molecule has 0 unspecified atom stereocenters. The topological polar surface area (TPSA) is 73.6 Å². The van der Waals surface area contributed by atoms with Crippen LogP contribution in [0.15, 0.2) is 12.1 Å². The minimum Gasteiger partial charge on any atom is -0.495 e. The van der Waals surface area contributed by atoms with Gasteiger partial charge < -0.3 is 20.5 Å². The Morgan fingerprint density at radius 3 is 2.50 bits per heavy atom. The van der Waals surface area contributed by atoms with E-state index < -0.39 is 0 Å². The molecule has 0 radical (unpaired) electrons. The first-order valence-electron chi connectivity index (χ1n) is 6.48. The Hall–Kier alpha value is -1.46. The van der Waals surface area contributed by atoms with Gasteiger partial charge in [-0.3, -0.25) is 4.79 Å². The molecule has 2 rings (SSSR count). The third-order valence-corrected chi connectivity index (χ3v) is 3.91. The van der Waals surface area contributed by atoms with E-state index >= 15 is 0 Å². The van der Waals surface area contributed by atoms with Gasteiger partial charge in [0, 0.05) is 24.1 Å². The van der Waals surface area contributed by atoms with Gasteiger partial charge in [0.15, 0.2) is 0 Å². The van der Waals surface area contributed by atoms with Crippen LogP contribution in [0, 0.1) is 0 Å². The summed E-state index contributed by atoms with van der Waals surface area (Å²) in [6.45, 7) is 0. The van der Waals surface area contributed by atoms with Crippen molar-refractivity contribution in [2.45, 2.75) is 31.2 Å². The number of carbonyl (C=O) groups excluding carboxylic acids is 1. The van der Waals surface area contributed by atoms with Crippen LogP contribution < -0.4 is 20.5 Å². The summed E-state index contributed by atoms with van der Waals surface area (Å²) in [5.41, 5.74) is 6.25. The Morgan fingerprint density at radius 1 is 1.35 bits per heavy atom. The van der Waals surface area contributed by atoms with E-state index in [1.807, 2.05) is 0 Å². The van der Waals surface area contributed by atoms with E-state index in [4.69, 9.17) is 26.8 Å². The highest BCUT2D eigenvalue weighted by Crippen LogP contribution is 2.37. The molecule has 5 nitrogen and oxygen atoms in total. The molecular weight excluding hydrogens is 280 g/mol. The van der Waals surface area contributed by atoms with Gasteiger partial charge in [-0.25, -0.2) is 0 Å². The zero-order valence-electron chi connectivity index (χ0n) is 11.7. The second-order valence-corrected chi connectivity index (χ2v) is 5.54. The Bertz CT molecular complexity index is 515. The number of halogens is 1. The minimum atomic E-state index is -0.353. The van der Waals surface area contributed by atoms with Crippen LogP contribution in [0.5, 0.6) is 11.5 Å². The molecule has 0 aliphatic heterocycles. The molecular formula is C14H19ClN2O3. The van der Waals surface area contributed by atoms with Crippen molar-refractivity contribution in [1.29, 1.82) is 0 Å². The Balaban J connectivity index is 2.13. The predicted molar refractivity (Wildman–Crippen MR) is 78.6 cm³/mol. The van der Waals surface area contributed by atoms with Crippen molar-refractivity contribution in [3.05, 3.63) is 17.2 Å². The minimum absolute atomic E-state index is 0.130. The summed E-state index contributed by atoms with van der Waals surface area (Å²) in [7, 11) is 3.03. The molecule has 0 heterocycles. The summed E-state index contributed by atoms with van der Waals surface area (Å²) in [5.74, 6) is 0.840. The molecule has 3 N–H and O–H groups in total. The number of hydrogen-bond acceptors (Lipinski definition) is 4. The lowest BCUT2D eigenvalue weighted by molar-refractivity contribution is -0.118. The summed E-state index contributed by atoms with van der Waals surface area (Å²) in [4.78, 5) is 12.1.